The molecule has 1 aromatic carbocycles. The molecule has 0 aliphatic heterocycles. The number of hydrogen-bond donors (Lipinski definition) is 3. The molecule has 0 saturated heterocycles. The standard InChI is InChI=1S/C21H29N3O4S/c1-14(22-20(29)24-17(25)15-10-6-4-7-11-15)18(26)28-21(2,3)19(27)23-16-12-8-5-9-13-16/h4,6-7,10-11,14,16H,5,8-9,12-13H2,1-3H3,(H,23,27)(H2,22,24,25,29). The third-order valence-electron chi connectivity index (χ3n) is 4.81. The van der Waals surface area contributed by atoms with Gasteiger partial charge in [-0.1, -0.05) is 37.5 Å². The van der Waals surface area contributed by atoms with Gasteiger partial charge in [-0.05, 0) is 58.0 Å². The third-order valence-corrected chi connectivity index (χ3v) is 5.03. The minimum Gasteiger partial charge on any atom is -0.448 e. The quantitative estimate of drug-likeness (QED) is 0.484. The number of carbonyl (C=O) groups is 3. The van der Waals surface area contributed by atoms with Crippen LogP contribution < -0.4 is 16.0 Å². The topological polar surface area (TPSA) is 96.5 Å². The highest BCUT2D eigenvalue weighted by atomic mass is 32.1. The molecule has 1 saturated carbocycles. The lowest BCUT2D eigenvalue weighted by Crippen LogP contribution is -2.53. The molecule has 8 heteroatoms. The van der Waals surface area contributed by atoms with Crippen LogP contribution in [0.4, 0.5) is 0 Å². The highest BCUT2D eigenvalue weighted by molar-refractivity contribution is 7.80. The SMILES string of the molecule is CC(NC(=S)NC(=O)c1ccccc1)C(=O)OC(C)(C)C(=O)NC1CCCCC1. The summed E-state index contributed by atoms with van der Waals surface area (Å²) in [7, 11) is 0. The van der Waals surface area contributed by atoms with Crippen LogP contribution in [0.5, 0.6) is 0 Å². The van der Waals surface area contributed by atoms with Crippen LogP contribution in [-0.4, -0.2) is 40.6 Å². The Morgan fingerprint density at radius 3 is 2.34 bits per heavy atom. The molecule has 1 fully saturated rings. The fourth-order valence-corrected chi connectivity index (χ4v) is 3.32. The van der Waals surface area contributed by atoms with Gasteiger partial charge in [-0.3, -0.25) is 14.9 Å². The van der Waals surface area contributed by atoms with Crippen molar-refractivity contribution in [3.05, 3.63) is 35.9 Å². The van der Waals surface area contributed by atoms with E-state index in [0.29, 0.717) is 5.56 Å². The molecule has 158 valence electrons. The number of rotatable bonds is 6. The predicted molar refractivity (Wildman–Crippen MR) is 114 cm³/mol. The molecule has 2 rings (SSSR count). The number of thiocarbonyl (C=S) groups is 1. The largest absolute Gasteiger partial charge is 0.448 e. The molecule has 1 unspecified atom stereocenters. The van der Waals surface area contributed by atoms with Crippen LogP contribution in [0.1, 0.15) is 63.2 Å². The van der Waals surface area contributed by atoms with E-state index in [4.69, 9.17) is 17.0 Å². The number of esters is 1. The number of amides is 2. The first kappa shape index (κ1) is 22.8. The summed E-state index contributed by atoms with van der Waals surface area (Å²) >= 11 is 5.10. The summed E-state index contributed by atoms with van der Waals surface area (Å²) in [6, 6.07) is 7.90. The summed E-state index contributed by atoms with van der Waals surface area (Å²) in [6.07, 6.45) is 5.28. The van der Waals surface area contributed by atoms with Crippen molar-refractivity contribution in [1.82, 2.24) is 16.0 Å². The van der Waals surface area contributed by atoms with E-state index in [-0.39, 0.29) is 23.0 Å². The van der Waals surface area contributed by atoms with Gasteiger partial charge in [0.2, 0.25) is 0 Å². The van der Waals surface area contributed by atoms with Gasteiger partial charge in [0.05, 0.1) is 0 Å². The maximum atomic E-state index is 12.5. The molecule has 7 nitrogen and oxygen atoms in total. The molecule has 3 N–H and O–H groups in total. The zero-order valence-corrected chi connectivity index (χ0v) is 17.9. The van der Waals surface area contributed by atoms with Gasteiger partial charge in [0.15, 0.2) is 10.7 Å². The summed E-state index contributed by atoms with van der Waals surface area (Å²) in [5.41, 5.74) is -0.855. The van der Waals surface area contributed by atoms with Gasteiger partial charge >= 0.3 is 5.97 Å². The van der Waals surface area contributed by atoms with E-state index in [1.165, 1.54) is 6.42 Å². The molecule has 1 aliphatic rings. The lowest BCUT2D eigenvalue weighted by Gasteiger charge is -2.30. The minimum atomic E-state index is -1.31. The molecule has 0 radical (unpaired) electrons. The van der Waals surface area contributed by atoms with E-state index in [1.807, 2.05) is 0 Å². The van der Waals surface area contributed by atoms with Gasteiger partial charge in [-0.25, -0.2) is 4.79 Å². The van der Waals surface area contributed by atoms with Gasteiger partial charge in [-0.2, -0.15) is 0 Å². The van der Waals surface area contributed by atoms with Crippen LogP contribution in [-0.2, 0) is 14.3 Å². The molecule has 0 heterocycles. The summed E-state index contributed by atoms with van der Waals surface area (Å²) in [6.45, 7) is 4.68. The Kier molecular flexibility index (Phi) is 8.13. The second-order valence-corrected chi connectivity index (χ2v) is 8.16. The summed E-state index contributed by atoms with van der Waals surface area (Å²) in [4.78, 5) is 37.0. The zero-order chi connectivity index (χ0) is 21.4. The second kappa shape index (κ2) is 10.3. The van der Waals surface area contributed by atoms with E-state index in [9.17, 15) is 14.4 Å². The van der Waals surface area contributed by atoms with Crippen molar-refractivity contribution in [1.29, 1.82) is 0 Å². The predicted octanol–water partition coefficient (Wildman–Crippen LogP) is 2.45. The Labute approximate surface area is 177 Å². The van der Waals surface area contributed by atoms with Crippen LogP contribution in [0.15, 0.2) is 30.3 Å². The highest BCUT2D eigenvalue weighted by Gasteiger charge is 2.35. The minimum absolute atomic E-state index is 0.00719. The number of ether oxygens (including phenoxy) is 1. The smallest absolute Gasteiger partial charge is 0.329 e. The summed E-state index contributed by atoms with van der Waals surface area (Å²) in [5.74, 6) is -1.33. The Morgan fingerprint density at radius 2 is 1.72 bits per heavy atom. The number of nitrogens with one attached hydrogen (secondary N) is 3. The van der Waals surface area contributed by atoms with E-state index < -0.39 is 17.6 Å². The fourth-order valence-electron chi connectivity index (χ4n) is 3.05. The van der Waals surface area contributed by atoms with Gasteiger partial charge in [0, 0.05) is 11.6 Å². The molecule has 29 heavy (non-hydrogen) atoms. The van der Waals surface area contributed by atoms with E-state index in [2.05, 4.69) is 16.0 Å². The molecule has 0 aromatic heterocycles. The number of hydrogen-bond acceptors (Lipinski definition) is 5. The monoisotopic (exact) mass is 419 g/mol. The average Bonchev–Trinajstić information content (AvgIpc) is 2.68. The molecule has 2 amide bonds. The maximum absolute atomic E-state index is 12.5. The van der Waals surface area contributed by atoms with Crippen molar-refractivity contribution in [3.8, 4) is 0 Å². The zero-order valence-electron chi connectivity index (χ0n) is 17.1. The number of carbonyl (C=O) groups excluding carboxylic acids is 3. The average molecular weight is 420 g/mol. The molecular weight excluding hydrogens is 390 g/mol. The lowest BCUT2D eigenvalue weighted by atomic mass is 9.94. The molecule has 1 aliphatic carbocycles. The van der Waals surface area contributed by atoms with E-state index in [1.54, 1.807) is 51.1 Å². The molecular formula is C21H29N3O4S. The maximum Gasteiger partial charge on any atom is 0.329 e. The first-order chi connectivity index (χ1) is 13.7. The van der Waals surface area contributed by atoms with Crippen molar-refractivity contribution in [2.24, 2.45) is 0 Å². The summed E-state index contributed by atoms with van der Waals surface area (Å²) < 4.78 is 5.41. The first-order valence-corrected chi connectivity index (χ1v) is 10.3. The van der Waals surface area contributed by atoms with Crippen molar-refractivity contribution < 1.29 is 19.1 Å². The van der Waals surface area contributed by atoms with Gasteiger partial charge in [0.1, 0.15) is 6.04 Å². The van der Waals surface area contributed by atoms with Crippen LogP contribution in [0.25, 0.3) is 0 Å². The van der Waals surface area contributed by atoms with Crippen LogP contribution in [0.2, 0.25) is 0 Å². The lowest BCUT2D eigenvalue weighted by molar-refractivity contribution is -0.166. The van der Waals surface area contributed by atoms with Crippen LogP contribution in [0.3, 0.4) is 0 Å². The Bertz CT molecular complexity index is 746. The van der Waals surface area contributed by atoms with Gasteiger partial charge in [-0.15, -0.1) is 0 Å². The fraction of sp³-hybridized carbons (Fsp3) is 0.524. The summed E-state index contributed by atoms with van der Waals surface area (Å²) in [5, 5.41) is 8.21. The van der Waals surface area contributed by atoms with Crippen molar-refractivity contribution in [2.45, 2.75) is 70.6 Å². The Hall–Kier alpha value is -2.48. The van der Waals surface area contributed by atoms with Gasteiger partial charge < -0.3 is 15.4 Å². The highest BCUT2D eigenvalue weighted by Crippen LogP contribution is 2.19. The van der Waals surface area contributed by atoms with E-state index in [0.717, 1.165) is 25.7 Å². The van der Waals surface area contributed by atoms with Crippen molar-refractivity contribution in [3.63, 3.8) is 0 Å². The molecule has 1 atom stereocenters. The van der Waals surface area contributed by atoms with Crippen molar-refractivity contribution >= 4 is 35.1 Å². The third kappa shape index (κ3) is 7.12. The Balaban J connectivity index is 1.82. The van der Waals surface area contributed by atoms with Crippen LogP contribution >= 0.6 is 12.2 Å². The molecule has 1 aromatic rings. The number of benzene rings is 1. The van der Waals surface area contributed by atoms with Gasteiger partial charge in [0.25, 0.3) is 11.8 Å². The van der Waals surface area contributed by atoms with E-state index >= 15 is 0 Å². The van der Waals surface area contributed by atoms with Crippen molar-refractivity contribution in [2.75, 3.05) is 0 Å². The second-order valence-electron chi connectivity index (χ2n) is 7.76. The molecule has 0 spiro atoms. The molecule has 0 bridgehead atoms. The van der Waals surface area contributed by atoms with Crippen LogP contribution in [0, 0.1) is 0 Å². The normalized spacial score (nSPS) is 15.7. The Morgan fingerprint density at radius 1 is 1.10 bits per heavy atom. The first-order valence-electron chi connectivity index (χ1n) is 9.90.